The molecule has 0 aliphatic carbocycles. The highest BCUT2D eigenvalue weighted by atomic mass is 19.1. The summed E-state index contributed by atoms with van der Waals surface area (Å²) in [7, 11) is 0. The zero-order valence-electron chi connectivity index (χ0n) is 7.85. The molecule has 0 aromatic heterocycles. The molecule has 0 aliphatic heterocycles. The lowest BCUT2D eigenvalue weighted by Crippen LogP contribution is -2.18. The number of benzene rings is 1. The van der Waals surface area contributed by atoms with Gasteiger partial charge in [-0.1, -0.05) is 5.92 Å². The van der Waals surface area contributed by atoms with Crippen molar-refractivity contribution in [3.05, 3.63) is 35.4 Å². The number of rotatable bonds is 3. The molecule has 0 saturated carbocycles. The molecular formula is C11H11F2N. The van der Waals surface area contributed by atoms with Crippen molar-refractivity contribution in [1.82, 2.24) is 5.32 Å². The fourth-order valence-corrected chi connectivity index (χ4v) is 1.16. The summed E-state index contributed by atoms with van der Waals surface area (Å²) in [4.78, 5) is 0. The predicted molar refractivity (Wildman–Crippen MR) is 51.6 cm³/mol. The molecule has 3 heteroatoms. The van der Waals surface area contributed by atoms with E-state index in [1.807, 2.05) is 0 Å². The standard InChI is InChI=1S/C11H11F2N/c1-3-4-14-8(2)9-5-10(12)7-11(13)6-9/h1,5-8,14H,4H2,2H3. The summed E-state index contributed by atoms with van der Waals surface area (Å²) in [5.41, 5.74) is 0.553. The van der Waals surface area contributed by atoms with Gasteiger partial charge in [0.15, 0.2) is 0 Å². The van der Waals surface area contributed by atoms with Crippen molar-refractivity contribution in [2.45, 2.75) is 13.0 Å². The Morgan fingerprint density at radius 1 is 1.36 bits per heavy atom. The average molecular weight is 195 g/mol. The normalized spacial score (nSPS) is 12.1. The Labute approximate surface area is 82.1 Å². The summed E-state index contributed by atoms with van der Waals surface area (Å²) in [5.74, 6) is 1.25. The Morgan fingerprint density at radius 2 is 1.93 bits per heavy atom. The molecule has 74 valence electrons. The highest BCUT2D eigenvalue weighted by Crippen LogP contribution is 2.15. The van der Waals surface area contributed by atoms with Gasteiger partial charge in [-0.05, 0) is 24.6 Å². The van der Waals surface area contributed by atoms with E-state index in [0.717, 1.165) is 6.07 Å². The summed E-state index contributed by atoms with van der Waals surface area (Å²) in [6.45, 7) is 2.17. The van der Waals surface area contributed by atoms with Gasteiger partial charge in [0.05, 0.1) is 6.54 Å². The smallest absolute Gasteiger partial charge is 0.126 e. The van der Waals surface area contributed by atoms with Gasteiger partial charge in [0, 0.05) is 12.1 Å². The van der Waals surface area contributed by atoms with Crippen molar-refractivity contribution in [1.29, 1.82) is 0 Å². The highest BCUT2D eigenvalue weighted by molar-refractivity contribution is 5.21. The van der Waals surface area contributed by atoms with Crippen LogP contribution >= 0.6 is 0 Å². The zero-order valence-corrected chi connectivity index (χ0v) is 7.85. The minimum Gasteiger partial charge on any atom is -0.300 e. The molecular weight excluding hydrogens is 184 g/mol. The zero-order chi connectivity index (χ0) is 10.6. The fourth-order valence-electron chi connectivity index (χ4n) is 1.16. The van der Waals surface area contributed by atoms with Crippen molar-refractivity contribution in [3.8, 4) is 12.3 Å². The maximum atomic E-state index is 12.8. The van der Waals surface area contributed by atoms with E-state index in [9.17, 15) is 8.78 Å². The Kier molecular flexibility index (Phi) is 3.61. The Bertz CT molecular complexity index is 335. The summed E-state index contributed by atoms with van der Waals surface area (Å²) < 4.78 is 25.6. The minimum atomic E-state index is -0.575. The van der Waals surface area contributed by atoms with Crippen molar-refractivity contribution in [3.63, 3.8) is 0 Å². The van der Waals surface area contributed by atoms with E-state index in [1.54, 1.807) is 6.92 Å². The average Bonchev–Trinajstić information content (AvgIpc) is 2.12. The quantitative estimate of drug-likeness (QED) is 0.729. The van der Waals surface area contributed by atoms with E-state index in [1.165, 1.54) is 12.1 Å². The summed E-state index contributed by atoms with van der Waals surface area (Å²) >= 11 is 0. The van der Waals surface area contributed by atoms with Crippen molar-refractivity contribution >= 4 is 0 Å². The SMILES string of the molecule is C#CCNC(C)c1cc(F)cc(F)c1. The first-order valence-corrected chi connectivity index (χ1v) is 4.26. The molecule has 0 radical (unpaired) electrons. The van der Waals surface area contributed by atoms with Gasteiger partial charge in [0.25, 0.3) is 0 Å². The van der Waals surface area contributed by atoms with E-state index in [2.05, 4.69) is 11.2 Å². The molecule has 0 bridgehead atoms. The van der Waals surface area contributed by atoms with Gasteiger partial charge in [-0.3, -0.25) is 5.32 Å². The number of hydrogen-bond acceptors (Lipinski definition) is 1. The molecule has 0 heterocycles. The highest BCUT2D eigenvalue weighted by Gasteiger charge is 2.06. The molecule has 14 heavy (non-hydrogen) atoms. The van der Waals surface area contributed by atoms with Crippen LogP contribution in [0.15, 0.2) is 18.2 Å². The van der Waals surface area contributed by atoms with E-state index in [0.29, 0.717) is 12.1 Å². The molecule has 1 aromatic carbocycles. The second-order valence-corrected chi connectivity index (χ2v) is 3.01. The molecule has 1 nitrogen and oxygen atoms in total. The summed E-state index contributed by atoms with van der Waals surface area (Å²) in [6.07, 6.45) is 5.05. The number of halogens is 2. The van der Waals surface area contributed by atoms with Crippen molar-refractivity contribution in [2.75, 3.05) is 6.54 Å². The minimum absolute atomic E-state index is 0.156. The van der Waals surface area contributed by atoms with Gasteiger partial charge in [-0.15, -0.1) is 6.42 Å². The third kappa shape index (κ3) is 2.82. The molecule has 0 aliphatic rings. The van der Waals surface area contributed by atoms with Crippen LogP contribution in [0.1, 0.15) is 18.5 Å². The second kappa shape index (κ2) is 4.73. The lowest BCUT2D eigenvalue weighted by molar-refractivity contribution is 0.562. The van der Waals surface area contributed by atoms with Crippen molar-refractivity contribution < 1.29 is 8.78 Å². The Hall–Kier alpha value is -1.40. The third-order valence-electron chi connectivity index (χ3n) is 1.90. The summed E-state index contributed by atoms with van der Waals surface area (Å²) in [5, 5.41) is 2.93. The van der Waals surface area contributed by atoms with Crippen LogP contribution in [0.5, 0.6) is 0 Å². The van der Waals surface area contributed by atoms with Gasteiger partial charge in [-0.2, -0.15) is 0 Å². The van der Waals surface area contributed by atoms with Crippen LogP contribution in [-0.4, -0.2) is 6.54 Å². The molecule has 0 fully saturated rings. The Morgan fingerprint density at radius 3 is 2.43 bits per heavy atom. The Balaban J connectivity index is 2.79. The van der Waals surface area contributed by atoms with E-state index >= 15 is 0 Å². The monoisotopic (exact) mass is 195 g/mol. The molecule has 0 amide bonds. The van der Waals surface area contributed by atoms with Crippen LogP contribution in [0.2, 0.25) is 0 Å². The first-order valence-electron chi connectivity index (χ1n) is 4.26. The molecule has 0 spiro atoms. The molecule has 1 rings (SSSR count). The molecule has 1 atom stereocenters. The largest absolute Gasteiger partial charge is 0.300 e. The van der Waals surface area contributed by atoms with E-state index in [-0.39, 0.29) is 6.04 Å². The number of terminal acetylenes is 1. The van der Waals surface area contributed by atoms with Crippen LogP contribution in [0.25, 0.3) is 0 Å². The lowest BCUT2D eigenvalue weighted by Gasteiger charge is -2.12. The summed E-state index contributed by atoms with van der Waals surface area (Å²) in [6, 6.07) is 3.27. The van der Waals surface area contributed by atoms with E-state index < -0.39 is 11.6 Å². The second-order valence-electron chi connectivity index (χ2n) is 3.01. The maximum Gasteiger partial charge on any atom is 0.126 e. The van der Waals surface area contributed by atoms with Gasteiger partial charge >= 0.3 is 0 Å². The van der Waals surface area contributed by atoms with Crippen LogP contribution in [0.4, 0.5) is 8.78 Å². The lowest BCUT2D eigenvalue weighted by atomic mass is 10.1. The van der Waals surface area contributed by atoms with Gasteiger partial charge in [-0.25, -0.2) is 8.78 Å². The predicted octanol–water partition coefficient (Wildman–Crippen LogP) is 2.25. The van der Waals surface area contributed by atoms with Crippen LogP contribution in [0.3, 0.4) is 0 Å². The maximum absolute atomic E-state index is 12.8. The third-order valence-corrected chi connectivity index (χ3v) is 1.90. The van der Waals surface area contributed by atoms with Crippen LogP contribution < -0.4 is 5.32 Å². The molecule has 0 saturated heterocycles. The van der Waals surface area contributed by atoms with Gasteiger partial charge in [0.1, 0.15) is 11.6 Å². The van der Waals surface area contributed by atoms with Crippen molar-refractivity contribution in [2.24, 2.45) is 0 Å². The number of hydrogen-bond donors (Lipinski definition) is 1. The van der Waals surface area contributed by atoms with Crippen LogP contribution in [0, 0.1) is 24.0 Å². The molecule has 1 N–H and O–H groups in total. The number of nitrogens with one attached hydrogen (secondary N) is 1. The fraction of sp³-hybridized carbons (Fsp3) is 0.273. The molecule has 1 aromatic rings. The van der Waals surface area contributed by atoms with E-state index in [4.69, 9.17) is 6.42 Å². The van der Waals surface area contributed by atoms with Gasteiger partial charge in [0.2, 0.25) is 0 Å². The van der Waals surface area contributed by atoms with Crippen LogP contribution in [-0.2, 0) is 0 Å². The topological polar surface area (TPSA) is 12.0 Å². The van der Waals surface area contributed by atoms with Gasteiger partial charge < -0.3 is 0 Å². The first-order chi connectivity index (χ1) is 6.63. The molecule has 1 unspecified atom stereocenters. The first kappa shape index (κ1) is 10.7.